The number of allylic oxidation sites excluding steroid dienone is 1. The Hall–Kier alpha value is -6.88. The van der Waals surface area contributed by atoms with Crippen molar-refractivity contribution in [3.8, 4) is 28.3 Å². The maximum absolute atomic E-state index is 5.60. The number of benzene rings is 8. The molecule has 3 nitrogen and oxygen atoms in total. The molecule has 0 fully saturated rings. The number of aromatic nitrogens is 3. The molecule has 12 rings (SSSR count). The summed E-state index contributed by atoms with van der Waals surface area (Å²) in [5.74, 6) is 0.669. The summed E-state index contributed by atoms with van der Waals surface area (Å²) in [4.78, 5) is 11.1. The van der Waals surface area contributed by atoms with Gasteiger partial charge in [-0.25, -0.2) is 9.97 Å². The van der Waals surface area contributed by atoms with Crippen molar-refractivity contribution >= 4 is 86.6 Å². The second kappa shape index (κ2) is 12.1. The smallest absolute Gasteiger partial charge is 0.235 e. The van der Waals surface area contributed by atoms with Gasteiger partial charge in [-0.3, -0.25) is 4.57 Å². The molecule has 0 aliphatic heterocycles. The summed E-state index contributed by atoms with van der Waals surface area (Å²) in [6.45, 7) is 4.68. The van der Waals surface area contributed by atoms with Crippen molar-refractivity contribution in [1.29, 1.82) is 0 Å². The molecule has 3 aromatic heterocycles. The highest BCUT2D eigenvalue weighted by atomic mass is 32.1. The molecule has 57 heavy (non-hydrogen) atoms. The molecule has 0 unspecified atom stereocenters. The summed E-state index contributed by atoms with van der Waals surface area (Å²) >= 11 is 1.86. The predicted octanol–water partition coefficient (Wildman–Crippen LogP) is 14.4. The first-order valence-corrected chi connectivity index (χ1v) is 20.4. The lowest BCUT2D eigenvalue weighted by Gasteiger charge is -2.27. The summed E-state index contributed by atoms with van der Waals surface area (Å²) in [5.41, 5.74) is 12.3. The topological polar surface area (TPSA) is 30.7 Å². The molecular weight excluding hydrogens is 711 g/mol. The highest BCUT2D eigenvalue weighted by Gasteiger charge is 2.37. The van der Waals surface area contributed by atoms with Gasteiger partial charge in [0.25, 0.3) is 0 Å². The Bertz CT molecular complexity index is 3480. The Morgan fingerprint density at radius 2 is 1.16 bits per heavy atom. The second-order valence-electron chi connectivity index (χ2n) is 15.8. The van der Waals surface area contributed by atoms with Gasteiger partial charge in [0.2, 0.25) is 5.95 Å². The number of fused-ring (bicyclic) bond motifs is 11. The minimum absolute atomic E-state index is 0.259. The fourth-order valence-corrected chi connectivity index (χ4v) is 10.6. The van der Waals surface area contributed by atoms with E-state index < -0.39 is 0 Å². The van der Waals surface area contributed by atoms with E-state index in [0.717, 1.165) is 33.2 Å². The van der Waals surface area contributed by atoms with E-state index in [0.29, 0.717) is 5.95 Å². The Labute approximate surface area is 333 Å². The predicted molar refractivity (Wildman–Crippen MR) is 242 cm³/mol. The molecule has 0 amide bonds. The third-order valence-electron chi connectivity index (χ3n) is 12.2. The highest BCUT2D eigenvalue weighted by molar-refractivity contribution is 7.25. The summed E-state index contributed by atoms with van der Waals surface area (Å²) in [7, 11) is 0. The monoisotopic (exact) mass is 745 g/mol. The van der Waals surface area contributed by atoms with Crippen LogP contribution in [-0.4, -0.2) is 14.5 Å². The highest BCUT2D eigenvalue weighted by Crippen LogP contribution is 2.51. The van der Waals surface area contributed by atoms with Crippen LogP contribution in [0.25, 0.3) is 104 Å². The zero-order valence-corrected chi connectivity index (χ0v) is 32.3. The summed E-state index contributed by atoms with van der Waals surface area (Å²) < 4.78 is 4.92. The van der Waals surface area contributed by atoms with Gasteiger partial charge in [-0.1, -0.05) is 141 Å². The molecule has 1 aliphatic carbocycles. The van der Waals surface area contributed by atoms with Crippen molar-refractivity contribution in [3.63, 3.8) is 0 Å². The lowest BCUT2D eigenvalue weighted by atomic mass is 9.76. The van der Waals surface area contributed by atoms with Gasteiger partial charge in [0.1, 0.15) is 0 Å². The van der Waals surface area contributed by atoms with Crippen molar-refractivity contribution in [2.75, 3.05) is 0 Å². The fraction of sp³-hybridized carbons (Fsp3) is 0.0566. The number of thiophene rings is 1. The SMILES string of the molecule is CC1(C)C(c2ccccc2)=Cc2ccc3nc(-n4c5ccc(-c6ccc7sc8ccccc8c7c6)cc5c5c6ccccc6ccc54)nc(-c4ccccc4)c3c21. The molecule has 0 N–H and O–H groups in total. The fourth-order valence-electron chi connectivity index (χ4n) is 9.55. The van der Waals surface area contributed by atoms with Gasteiger partial charge in [-0.2, -0.15) is 0 Å². The van der Waals surface area contributed by atoms with Crippen LogP contribution in [0.2, 0.25) is 0 Å². The molecule has 8 aromatic carbocycles. The summed E-state index contributed by atoms with van der Waals surface area (Å²) in [5, 5.41) is 8.56. The zero-order chi connectivity index (χ0) is 37.8. The maximum atomic E-state index is 5.60. The van der Waals surface area contributed by atoms with E-state index in [1.165, 1.54) is 75.1 Å². The van der Waals surface area contributed by atoms with E-state index in [1.54, 1.807) is 0 Å². The minimum Gasteiger partial charge on any atom is -0.278 e. The van der Waals surface area contributed by atoms with Crippen LogP contribution in [0.5, 0.6) is 0 Å². The van der Waals surface area contributed by atoms with E-state index in [9.17, 15) is 0 Å². The first-order chi connectivity index (χ1) is 28.0. The standard InChI is InChI=1S/C53H35N3S/c1-53(2)42(33-14-5-3-6-15-33)31-37-21-25-43-49(50(37)53)51(34-16-7-4-8-17-34)55-52(54-43)56-44-26-23-35(30-41(44)48-38-18-10-9-13-32(38)22-27-45(48)56)36-24-28-47-40(29-36)39-19-11-12-20-46(39)57-47/h3-31H,1-2H3. The Balaban J connectivity index is 1.12. The molecule has 268 valence electrons. The third kappa shape index (κ3) is 4.78. The molecule has 1 aliphatic rings. The van der Waals surface area contributed by atoms with Crippen LogP contribution in [0.1, 0.15) is 30.5 Å². The van der Waals surface area contributed by atoms with Gasteiger partial charge in [0, 0.05) is 47.3 Å². The quantitative estimate of drug-likeness (QED) is 0.180. The zero-order valence-electron chi connectivity index (χ0n) is 31.5. The number of hydrogen-bond acceptors (Lipinski definition) is 3. The second-order valence-corrected chi connectivity index (χ2v) is 16.9. The van der Waals surface area contributed by atoms with Crippen LogP contribution in [0.3, 0.4) is 0 Å². The molecule has 0 radical (unpaired) electrons. The maximum Gasteiger partial charge on any atom is 0.235 e. The van der Waals surface area contributed by atoms with Crippen LogP contribution in [-0.2, 0) is 5.41 Å². The van der Waals surface area contributed by atoms with Gasteiger partial charge >= 0.3 is 0 Å². The molecule has 0 atom stereocenters. The largest absolute Gasteiger partial charge is 0.278 e. The van der Waals surface area contributed by atoms with E-state index in [1.807, 2.05) is 11.3 Å². The molecule has 4 heteroatoms. The van der Waals surface area contributed by atoms with E-state index >= 15 is 0 Å². The van der Waals surface area contributed by atoms with Crippen molar-refractivity contribution in [2.45, 2.75) is 19.3 Å². The van der Waals surface area contributed by atoms with Crippen LogP contribution < -0.4 is 0 Å². The number of hydrogen-bond donors (Lipinski definition) is 0. The van der Waals surface area contributed by atoms with Crippen LogP contribution in [0, 0.1) is 0 Å². The van der Waals surface area contributed by atoms with Crippen molar-refractivity contribution in [1.82, 2.24) is 14.5 Å². The van der Waals surface area contributed by atoms with Crippen LogP contribution >= 0.6 is 11.3 Å². The molecule has 0 saturated carbocycles. The number of rotatable bonds is 4. The Morgan fingerprint density at radius 3 is 1.98 bits per heavy atom. The van der Waals surface area contributed by atoms with E-state index in [4.69, 9.17) is 9.97 Å². The first kappa shape index (κ1) is 32.4. The van der Waals surface area contributed by atoms with Crippen LogP contribution in [0.4, 0.5) is 0 Å². The molecular formula is C53H35N3S. The molecule has 0 bridgehead atoms. The Morgan fingerprint density at radius 1 is 0.491 bits per heavy atom. The first-order valence-electron chi connectivity index (χ1n) is 19.6. The molecule has 0 saturated heterocycles. The lowest BCUT2D eigenvalue weighted by molar-refractivity contribution is 0.710. The third-order valence-corrected chi connectivity index (χ3v) is 13.3. The molecule has 3 heterocycles. The van der Waals surface area contributed by atoms with Crippen LogP contribution in [0.15, 0.2) is 170 Å². The van der Waals surface area contributed by atoms with E-state index in [2.05, 4.69) is 194 Å². The van der Waals surface area contributed by atoms with Crippen molar-refractivity contribution in [3.05, 3.63) is 187 Å². The normalized spacial score (nSPS) is 13.7. The van der Waals surface area contributed by atoms with Gasteiger partial charge in [0.05, 0.1) is 22.2 Å². The van der Waals surface area contributed by atoms with Crippen molar-refractivity contribution < 1.29 is 0 Å². The summed E-state index contributed by atoms with van der Waals surface area (Å²) in [6.07, 6.45) is 2.36. The average molecular weight is 746 g/mol. The number of nitrogens with zero attached hydrogens (tertiary/aromatic N) is 3. The summed E-state index contributed by atoms with van der Waals surface area (Å²) in [6, 6.07) is 61.6. The molecule has 0 spiro atoms. The van der Waals surface area contributed by atoms with Gasteiger partial charge in [-0.15, -0.1) is 11.3 Å². The Kier molecular flexibility index (Phi) is 6.85. The van der Waals surface area contributed by atoms with Crippen molar-refractivity contribution in [2.24, 2.45) is 0 Å². The van der Waals surface area contributed by atoms with Gasteiger partial charge in [0.15, 0.2) is 0 Å². The lowest BCUT2D eigenvalue weighted by Crippen LogP contribution is -2.18. The van der Waals surface area contributed by atoms with Gasteiger partial charge < -0.3 is 0 Å². The van der Waals surface area contributed by atoms with E-state index in [-0.39, 0.29) is 5.41 Å². The van der Waals surface area contributed by atoms with Gasteiger partial charge in [-0.05, 0) is 92.7 Å². The molecule has 11 aromatic rings. The average Bonchev–Trinajstić information content (AvgIpc) is 3.90. The minimum atomic E-state index is -0.259.